The zero-order valence-corrected chi connectivity index (χ0v) is 10.6. The van der Waals surface area contributed by atoms with E-state index < -0.39 is 0 Å². The van der Waals surface area contributed by atoms with Crippen molar-refractivity contribution in [3.8, 4) is 5.75 Å². The summed E-state index contributed by atoms with van der Waals surface area (Å²) in [5.41, 5.74) is 1.76. The number of hydrogen-bond acceptors (Lipinski definition) is 4. The number of nitrogens with zero attached hydrogens (tertiary/aromatic N) is 1. The van der Waals surface area contributed by atoms with Crippen molar-refractivity contribution in [3.05, 3.63) is 40.9 Å². The quantitative estimate of drug-likeness (QED) is 0.891. The van der Waals surface area contributed by atoms with Gasteiger partial charge in [0.25, 0.3) is 0 Å². The van der Waals surface area contributed by atoms with Gasteiger partial charge in [0.2, 0.25) is 5.91 Å². The summed E-state index contributed by atoms with van der Waals surface area (Å²) in [6.45, 7) is 1.45. The SMILES string of the molecule is CC(=O)Nc1nc(C=Cc2ccc(O)cc2)cs1. The highest BCUT2D eigenvalue weighted by molar-refractivity contribution is 7.14. The number of carbonyl (C=O) groups excluding carboxylic acids is 1. The van der Waals surface area contributed by atoms with Crippen LogP contribution >= 0.6 is 11.3 Å². The van der Waals surface area contributed by atoms with Crippen molar-refractivity contribution in [3.63, 3.8) is 0 Å². The number of rotatable bonds is 3. The topological polar surface area (TPSA) is 62.2 Å². The Morgan fingerprint density at radius 2 is 2.06 bits per heavy atom. The van der Waals surface area contributed by atoms with Gasteiger partial charge in [-0.05, 0) is 23.8 Å². The summed E-state index contributed by atoms with van der Waals surface area (Å²) in [5, 5.41) is 14.2. The van der Waals surface area contributed by atoms with Crippen LogP contribution in [0.2, 0.25) is 0 Å². The van der Waals surface area contributed by atoms with E-state index in [2.05, 4.69) is 10.3 Å². The predicted octanol–water partition coefficient (Wildman–Crippen LogP) is 2.98. The third kappa shape index (κ3) is 3.43. The summed E-state index contributed by atoms with van der Waals surface area (Å²) in [6, 6.07) is 6.88. The number of aromatic nitrogens is 1. The molecule has 1 aromatic heterocycles. The molecule has 2 N–H and O–H groups in total. The van der Waals surface area contributed by atoms with E-state index in [-0.39, 0.29) is 11.7 Å². The molecule has 0 atom stereocenters. The molecule has 0 aliphatic carbocycles. The van der Waals surface area contributed by atoms with Gasteiger partial charge >= 0.3 is 0 Å². The summed E-state index contributed by atoms with van der Waals surface area (Å²) < 4.78 is 0. The first-order chi connectivity index (χ1) is 8.63. The van der Waals surface area contributed by atoms with E-state index in [1.807, 2.05) is 29.7 Å². The van der Waals surface area contributed by atoms with Crippen molar-refractivity contribution >= 4 is 34.5 Å². The maximum Gasteiger partial charge on any atom is 0.223 e. The molecule has 92 valence electrons. The lowest BCUT2D eigenvalue weighted by Crippen LogP contribution is -2.04. The molecule has 0 saturated heterocycles. The van der Waals surface area contributed by atoms with Crippen molar-refractivity contribution in [2.45, 2.75) is 6.92 Å². The summed E-state index contributed by atoms with van der Waals surface area (Å²) in [6.07, 6.45) is 3.75. The second kappa shape index (κ2) is 5.46. The van der Waals surface area contributed by atoms with Gasteiger partial charge in [-0.1, -0.05) is 18.2 Å². The first-order valence-corrected chi connectivity index (χ1v) is 6.22. The molecule has 0 spiro atoms. The molecule has 18 heavy (non-hydrogen) atoms. The third-order valence-corrected chi connectivity index (χ3v) is 2.92. The van der Waals surface area contributed by atoms with Crippen LogP contribution in [0.5, 0.6) is 5.75 Å². The van der Waals surface area contributed by atoms with Crippen LogP contribution in [0, 0.1) is 0 Å². The number of carbonyl (C=O) groups is 1. The fraction of sp³-hybridized carbons (Fsp3) is 0.0769. The number of phenols is 1. The first kappa shape index (κ1) is 12.3. The number of anilines is 1. The number of aromatic hydroxyl groups is 1. The molecule has 2 rings (SSSR count). The van der Waals surface area contributed by atoms with Crippen molar-refractivity contribution in [1.82, 2.24) is 4.98 Å². The van der Waals surface area contributed by atoms with E-state index in [0.29, 0.717) is 5.13 Å². The first-order valence-electron chi connectivity index (χ1n) is 5.34. The largest absolute Gasteiger partial charge is 0.508 e. The fourth-order valence-electron chi connectivity index (χ4n) is 1.34. The maximum atomic E-state index is 10.8. The van der Waals surface area contributed by atoms with Crippen molar-refractivity contribution < 1.29 is 9.90 Å². The monoisotopic (exact) mass is 260 g/mol. The number of thiazole rings is 1. The summed E-state index contributed by atoms with van der Waals surface area (Å²) >= 11 is 1.38. The smallest absolute Gasteiger partial charge is 0.223 e. The van der Waals surface area contributed by atoms with Gasteiger partial charge in [-0.25, -0.2) is 4.98 Å². The van der Waals surface area contributed by atoms with Gasteiger partial charge in [0.15, 0.2) is 5.13 Å². The molecule has 0 bridgehead atoms. The van der Waals surface area contributed by atoms with Gasteiger partial charge in [0, 0.05) is 12.3 Å². The number of benzene rings is 1. The Balaban J connectivity index is 2.06. The Morgan fingerprint density at radius 3 is 2.72 bits per heavy atom. The molecule has 0 radical (unpaired) electrons. The molecule has 2 aromatic rings. The van der Waals surface area contributed by atoms with Gasteiger partial charge in [-0.15, -0.1) is 11.3 Å². The van der Waals surface area contributed by atoms with Crippen LogP contribution < -0.4 is 5.32 Å². The van der Waals surface area contributed by atoms with Gasteiger partial charge in [0.05, 0.1) is 5.69 Å². The van der Waals surface area contributed by atoms with Gasteiger partial charge in [-0.3, -0.25) is 4.79 Å². The zero-order valence-electron chi connectivity index (χ0n) is 9.75. The average Bonchev–Trinajstić information content (AvgIpc) is 2.75. The van der Waals surface area contributed by atoms with E-state index in [0.717, 1.165) is 11.3 Å². The predicted molar refractivity (Wildman–Crippen MR) is 73.5 cm³/mol. The van der Waals surface area contributed by atoms with E-state index >= 15 is 0 Å². The second-order valence-electron chi connectivity index (χ2n) is 3.68. The Morgan fingerprint density at radius 1 is 1.33 bits per heavy atom. The van der Waals surface area contributed by atoms with Gasteiger partial charge in [0.1, 0.15) is 5.75 Å². The fourth-order valence-corrected chi connectivity index (χ4v) is 2.06. The normalized spacial score (nSPS) is 10.7. The molecule has 0 unspecified atom stereocenters. The molecule has 1 amide bonds. The van der Waals surface area contributed by atoms with Crippen LogP contribution in [0.1, 0.15) is 18.2 Å². The zero-order chi connectivity index (χ0) is 13.0. The lowest BCUT2D eigenvalue weighted by molar-refractivity contribution is -0.114. The van der Waals surface area contributed by atoms with Crippen LogP contribution in [0.25, 0.3) is 12.2 Å². The summed E-state index contributed by atoms with van der Waals surface area (Å²) in [4.78, 5) is 15.1. The molecule has 0 aliphatic heterocycles. The summed E-state index contributed by atoms with van der Waals surface area (Å²) in [5.74, 6) is 0.118. The molecular formula is C13H12N2O2S. The average molecular weight is 260 g/mol. The third-order valence-electron chi connectivity index (χ3n) is 2.14. The summed E-state index contributed by atoms with van der Waals surface area (Å²) in [7, 11) is 0. The number of hydrogen-bond donors (Lipinski definition) is 2. The molecule has 1 aromatic carbocycles. The van der Waals surface area contributed by atoms with Crippen molar-refractivity contribution in [2.24, 2.45) is 0 Å². The van der Waals surface area contributed by atoms with Crippen molar-refractivity contribution in [1.29, 1.82) is 0 Å². The number of nitrogens with one attached hydrogen (secondary N) is 1. The van der Waals surface area contributed by atoms with Gasteiger partial charge < -0.3 is 10.4 Å². The Bertz CT molecular complexity index is 573. The minimum Gasteiger partial charge on any atom is -0.508 e. The van der Waals surface area contributed by atoms with Crippen molar-refractivity contribution in [2.75, 3.05) is 5.32 Å². The number of phenolic OH excluding ortho intramolecular Hbond substituents is 1. The van der Waals surface area contributed by atoms with E-state index in [1.165, 1.54) is 18.3 Å². The van der Waals surface area contributed by atoms with Crippen LogP contribution in [0.4, 0.5) is 5.13 Å². The molecule has 0 aliphatic rings. The minimum atomic E-state index is -0.126. The van der Waals surface area contributed by atoms with E-state index in [1.54, 1.807) is 12.1 Å². The molecule has 4 nitrogen and oxygen atoms in total. The molecule has 0 saturated carbocycles. The Hall–Kier alpha value is -2.14. The van der Waals surface area contributed by atoms with Crippen LogP contribution in [-0.2, 0) is 4.79 Å². The second-order valence-corrected chi connectivity index (χ2v) is 4.54. The van der Waals surface area contributed by atoms with Crippen LogP contribution in [0.3, 0.4) is 0 Å². The van der Waals surface area contributed by atoms with Crippen LogP contribution in [-0.4, -0.2) is 16.0 Å². The van der Waals surface area contributed by atoms with E-state index in [9.17, 15) is 4.79 Å². The highest BCUT2D eigenvalue weighted by Gasteiger charge is 2.00. The Labute approximate surface area is 109 Å². The highest BCUT2D eigenvalue weighted by atomic mass is 32.1. The highest BCUT2D eigenvalue weighted by Crippen LogP contribution is 2.18. The molecule has 0 fully saturated rings. The maximum absolute atomic E-state index is 10.8. The van der Waals surface area contributed by atoms with Gasteiger partial charge in [-0.2, -0.15) is 0 Å². The minimum absolute atomic E-state index is 0.126. The van der Waals surface area contributed by atoms with E-state index in [4.69, 9.17) is 5.11 Å². The lowest BCUT2D eigenvalue weighted by atomic mass is 10.2. The molecular weight excluding hydrogens is 248 g/mol. The molecule has 1 heterocycles. The molecule has 5 heteroatoms. The Kier molecular flexibility index (Phi) is 3.74. The standard InChI is InChI=1S/C13H12N2O2S/c1-9(16)14-13-15-11(8-18-13)5-2-10-3-6-12(17)7-4-10/h2-8,17H,1H3,(H,14,15,16). The number of amides is 1. The van der Waals surface area contributed by atoms with Crippen LogP contribution in [0.15, 0.2) is 29.6 Å². The lowest BCUT2D eigenvalue weighted by Gasteiger charge is -1.93.